The Balaban J connectivity index is 1.17. The number of carbonyl (C=O) groups excluding carboxylic acids is 1. The maximum Gasteiger partial charge on any atom is 0.231 e. The van der Waals surface area contributed by atoms with Gasteiger partial charge in [-0.05, 0) is 49.2 Å². The normalized spacial score (nSPS) is 16.1. The van der Waals surface area contributed by atoms with Gasteiger partial charge in [-0.15, -0.1) is 10.2 Å². The van der Waals surface area contributed by atoms with Gasteiger partial charge < -0.3 is 24.1 Å². The molecule has 29 heavy (non-hydrogen) atoms. The number of amides is 1. The first-order valence-corrected chi connectivity index (χ1v) is 9.59. The van der Waals surface area contributed by atoms with Crippen molar-refractivity contribution in [2.45, 2.75) is 12.8 Å². The minimum atomic E-state index is -0.0352. The molecule has 0 radical (unpaired) electrons. The van der Waals surface area contributed by atoms with E-state index in [4.69, 9.17) is 13.9 Å². The molecule has 1 aromatic carbocycles. The lowest BCUT2D eigenvalue weighted by molar-refractivity contribution is -0.120. The Morgan fingerprint density at radius 3 is 2.66 bits per heavy atom. The summed E-state index contributed by atoms with van der Waals surface area (Å²) in [6, 6.07) is 13.0. The SMILES string of the molecule is O=C(Nc1ccc2c(c1)OCO2)C1CCN(c2ccc(-c3ccco3)nn2)CC1. The highest BCUT2D eigenvalue weighted by Gasteiger charge is 2.26. The van der Waals surface area contributed by atoms with E-state index in [1.807, 2.05) is 36.4 Å². The van der Waals surface area contributed by atoms with Crippen LogP contribution in [0, 0.1) is 5.92 Å². The third kappa shape index (κ3) is 3.61. The van der Waals surface area contributed by atoms with Crippen molar-refractivity contribution in [3.63, 3.8) is 0 Å². The van der Waals surface area contributed by atoms with Crippen LogP contribution in [0.2, 0.25) is 0 Å². The molecular formula is C21H20N4O4. The van der Waals surface area contributed by atoms with Crippen molar-refractivity contribution < 1.29 is 18.7 Å². The van der Waals surface area contributed by atoms with E-state index in [2.05, 4.69) is 20.4 Å². The predicted octanol–water partition coefficient (Wildman–Crippen LogP) is 3.32. The summed E-state index contributed by atoms with van der Waals surface area (Å²) in [6.07, 6.45) is 3.14. The topological polar surface area (TPSA) is 89.7 Å². The van der Waals surface area contributed by atoms with Gasteiger partial charge in [0.15, 0.2) is 23.1 Å². The first-order valence-electron chi connectivity index (χ1n) is 9.59. The van der Waals surface area contributed by atoms with E-state index in [1.165, 1.54) is 0 Å². The molecule has 1 N–H and O–H groups in total. The number of fused-ring (bicyclic) bond motifs is 1. The number of anilines is 2. The van der Waals surface area contributed by atoms with Crippen molar-refractivity contribution in [2.24, 2.45) is 5.92 Å². The lowest BCUT2D eigenvalue weighted by atomic mass is 9.96. The second-order valence-electron chi connectivity index (χ2n) is 7.07. The van der Waals surface area contributed by atoms with Crippen LogP contribution < -0.4 is 19.7 Å². The monoisotopic (exact) mass is 392 g/mol. The lowest BCUT2D eigenvalue weighted by Crippen LogP contribution is -2.38. The second-order valence-corrected chi connectivity index (χ2v) is 7.07. The van der Waals surface area contributed by atoms with Crippen molar-refractivity contribution in [3.05, 3.63) is 48.7 Å². The Morgan fingerprint density at radius 2 is 1.90 bits per heavy atom. The molecule has 0 spiro atoms. The quantitative estimate of drug-likeness (QED) is 0.728. The number of carbonyl (C=O) groups is 1. The van der Waals surface area contributed by atoms with Gasteiger partial charge in [0.2, 0.25) is 12.7 Å². The van der Waals surface area contributed by atoms with Crippen LogP contribution in [0.15, 0.2) is 53.1 Å². The summed E-state index contributed by atoms with van der Waals surface area (Å²) >= 11 is 0. The summed E-state index contributed by atoms with van der Waals surface area (Å²) in [5, 5.41) is 11.6. The van der Waals surface area contributed by atoms with Crippen molar-refractivity contribution in [1.29, 1.82) is 0 Å². The van der Waals surface area contributed by atoms with Crippen LogP contribution in [0.4, 0.5) is 11.5 Å². The molecule has 8 nitrogen and oxygen atoms in total. The van der Waals surface area contributed by atoms with E-state index in [0.29, 0.717) is 23.0 Å². The first-order chi connectivity index (χ1) is 14.3. The van der Waals surface area contributed by atoms with Gasteiger partial charge in [-0.2, -0.15) is 0 Å². The molecule has 1 fully saturated rings. The summed E-state index contributed by atoms with van der Waals surface area (Å²) < 4.78 is 16.0. The minimum absolute atomic E-state index is 0.0303. The van der Waals surface area contributed by atoms with Crippen LogP contribution in [0.25, 0.3) is 11.5 Å². The summed E-state index contributed by atoms with van der Waals surface area (Å²) in [4.78, 5) is 14.8. The molecular weight excluding hydrogens is 372 g/mol. The zero-order valence-electron chi connectivity index (χ0n) is 15.7. The van der Waals surface area contributed by atoms with Crippen molar-refractivity contribution >= 4 is 17.4 Å². The molecule has 1 amide bonds. The fourth-order valence-corrected chi connectivity index (χ4v) is 3.64. The summed E-state index contributed by atoms with van der Waals surface area (Å²) in [6.45, 7) is 1.73. The largest absolute Gasteiger partial charge is 0.463 e. The second kappa shape index (κ2) is 7.46. The summed E-state index contributed by atoms with van der Waals surface area (Å²) in [7, 11) is 0. The molecule has 2 aliphatic rings. The Kier molecular flexibility index (Phi) is 4.51. The van der Waals surface area contributed by atoms with Crippen LogP contribution in [-0.2, 0) is 4.79 Å². The van der Waals surface area contributed by atoms with Gasteiger partial charge >= 0.3 is 0 Å². The van der Waals surface area contributed by atoms with Gasteiger partial charge in [-0.25, -0.2) is 0 Å². The van der Waals surface area contributed by atoms with E-state index >= 15 is 0 Å². The molecule has 148 valence electrons. The zero-order valence-corrected chi connectivity index (χ0v) is 15.7. The Hall–Kier alpha value is -3.55. The Bertz CT molecular complexity index is 996. The van der Waals surface area contributed by atoms with Crippen LogP contribution in [0.1, 0.15) is 12.8 Å². The molecule has 3 aromatic rings. The number of nitrogens with zero attached hydrogens (tertiary/aromatic N) is 3. The highest BCUT2D eigenvalue weighted by molar-refractivity contribution is 5.93. The maximum atomic E-state index is 12.6. The molecule has 4 heterocycles. The third-order valence-electron chi connectivity index (χ3n) is 5.25. The standard InChI is InChI=1S/C21H20N4O4/c26-21(22-15-3-5-18-19(12-15)29-13-28-18)14-7-9-25(10-8-14)20-6-4-16(23-24-20)17-2-1-11-27-17/h1-6,11-12,14H,7-10,13H2,(H,22,26). The van der Waals surface area contributed by atoms with E-state index in [9.17, 15) is 4.79 Å². The molecule has 2 aliphatic heterocycles. The fraction of sp³-hybridized carbons (Fsp3) is 0.286. The number of aromatic nitrogens is 2. The molecule has 0 bridgehead atoms. The molecule has 2 aromatic heterocycles. The van der Waals surface area contributed by atoms with Crippen molar-refractivity contribution in [2.75, 3.05) is 30.1 Å². The molecule has 5 rings (SSSR count). The van der Waals surface area contributed by atoms with Gasteiger partial charge in [0.1, 0.15) is 5.69 Å². The number of rotatable bonds is 4. The number of benzene rings is 1. The lowest BCUT2D eigenvalue weighted by Gasteiger charge is -2.31. The number of nitrogens with one attached hydrogen (secondary N) is 1. The molecule has 0 saturated carbocycles. The van der Waals surface area contributed by atoms with E-state index in [1.54, 1.807) is 12.3 Å². The van der Waals surface area contributed by atoms with Crippen molar-refractivity contribution in [3.8, 4) is 23.0 Å². The van der Waals surface area contributed by atoms with Gasteiger partial charge in [0, 0.05) is 30.8 Å². The van der Waals surface area contributed by atoms with E-state index < -0.39 is 0 Å². The predicted molar refractivity (Wildman–Crippen MR) is 106 cm³/mol. The Morgan fingerprint density at radius 1 is 1.03 bits per heavy atom. The van der Waals surface area contributed by atoms with Crippen LogP contribution in [0.5, 0.6) is 11.5 Å². The maximum absolute atomic E-state index is 12.6. The molecule has 0 aliphatic carbocycles. The zero-order chi connectivity index (χ0) is 19.6. The fourth-order valence-electron chi connectivity index (χ4n) is 3.64. The molecule has 1 saturated heterocycles. The van der Waals surface area contributed by atoms with E-state index in [0.717, 1.165) is 37.4 Å². The number of furan rings is 1. The smallest absolute Gasteiger partial charge is 0.231 e. The number of hydrogen-bond acceptors (Lipinski definition) is 7. The molecule has 0 unspecified atom stereocenters. The average Bonchev–Trinajstić information content (AvgIpc) is 3.46. The number of ether oxygens (including phenoxy) is 2. The third-order valence-corrected chi connectivity index (χ3v) is 5.25. The Labute approximate surface area is 167 Å². The van der Waals surface area contributed by atoms with Crippen LogP contribution in [-0.4, -0.2) is 36.0 Å². The minimum Gasteiger partial charge on any atom is -0.463 e. The van der Waals surface area contributed by atoms with Gasteiger partial charge in [0.25, 0.3) is 0 Å². The summed E-state index contributed by atoms with van der Waals surface area (Å²) in [5.41, 5.74) is 1.43. The number of piperidine rings is 1. The highest BCUT2D eigenvalue weighted by atomic mass is 16.7. The van der Waals surface area contributed by atoms with Gasteiger partial charge in [-0.3, -0.25) is 4.79 Å². The average molecular weight is 392 g/mol. The highest BCUT2D eigenvalue weighted by Crippen LogP contribution is 2.34. The van der Waals surface area contributed by atoms with Crippen LogP contribution in [0.3, 0.4) is 0 Å². The van der Waals surface area contributed by atoms with Crippen LogP contribution >= 0.6 is 0 Å². The van der Waals surface area contributed by atoms with Gasteiger partial charge in [-0.1, -0.05) is 0 Å². The van der Waals surface area contributed by atoms with Crippen molar-refractivity contribution in [1.82, 2.24) is 10.2 Å². The molecule has 0 atom stereocenters. The molecule has 8 heteroatoms. The van der Waals surface area contributed by atoms with E-state index in [-0.39, 0.29) is 18.6 Å². The summed E-state index contributed by atoms with van der Waals surface area (Å²) in [5.74, 6) is 2.87. The van der Waals surface area contributed by atoms with Gasteiger partial charge in [0.05, 0.1) is 6.26 Å². The number of hydrogen-bond donors (Lipinski definition) is 1. The first kappa shape index (κ1) is 17.5.